The van der Waals surface area contributed by atoms with Crippen LogP contribution < -0.4 is 5.84 Å². The van der Waals surface area contributed by atoms with Crippen molar-refractivity contribution in [1.82, 2.24) is 9.91 Å². The van der Waals surface area contributed by atoms with Crippen molar-refractivity contribution >= 4 is 5.91 Å². The fourth-order valence-electron chi connectivity index (χ4n) is 1.50. The fraction of sp³-hybridized carbons (Fsp3) is 0.750. The van der Waals surface area contributed by atoms with E-state index in [1.165, 1.54) is 5.01 Å². The van der Waals surface area contributed by atoms with Crippen LogP contribution in [0.1, 0.15) is 12.8 Å². The first-order valence-electron chi connectivity index (χ1n) is 4.30. The van der Waals surface area contributed by atoms with E-state index in [9.17, 15) is 4.79 Å². The number of amides is 1. The van der Waals surface area contributed by atoms with Gasteiger partial charge in [-0.15, -0.1) is 0 Å². The summed E-state index contributed by atoms with van der Waals surface area (Å²) in [6.45, 7) is 0.864. The molecule has 0 aromatic carbocycles. The Morgan fingerprint density at radius 2 is 2.54 bits per heavy atom. The van der Waals surface area contributed by atoms with Gasteiger partial charge < -0.3 is 4.90 Å². The molecule has 13 heavy (non-hydrogen) atoms. The second-order valence-electron chi connectivity index (χ2n) is 3.29. The van der Waals surface area contributed by atoms with Crippen LogP contribution in [0.25, 0.3) is 0 Å². The van der Waals surface area contributed by atoms with Crippen molar-refractivity contribution < 1.29 is 4.79 Å². The number of nitrogens with zero attached hydrogens (tertiary/aromatic N) is 3. The van der Waals surface area contributed by atoms with E-state index in [1.807, 2.05) is 0 Å². The van der Waals surface area contributed by atoms with Gasteiger partial charge in [0.1, 0.15) is 6.04 Å². The average Bonchev–Trinajstić information content (AvgIpc) is 2.49. The van der Waals surface area contributed by atoms with Gasteiger partial charge in [0, 0.05) is 13.6 Å². The Balaban J connectivity index is 2.51. The number of hydrogen-bond acceptors (Lipinski definition) is 4. The van der Waals surface area contributed by atoms with Crippen LogP contribution in [0.3, 0.4) is 0 Å². The third-order valence-electron chi connectivity index (χ3n) is 2.11. The number of carbonyl (C=O) groups is 1. The molecule has 0 spiro atoms. The van der Waals surface area contributed by atoms with Crippen molar-refractivity contribution in [3.63, 3.8) is 0 Å². The standard InChI is InChI=1S/C8H14N4O/c1-11(10)6-8(13)12-4-2-3-7(12)5-9/h7H,2-4,6,10H2,1H3/t7-/m0/s1. The number of nitrogens with two attached hydrogens (primary N) is 1. The molecule has 5 nitrogen and oxygen atoms in total. The lowest BCUT2D eigenvalue weighted by atomic mass is 10.2. The second-order valence-corrected chi connectivity index (χ2v) is 3.29. The maximum absolute atomic E-state index is 11.5. The Morgan fingerprint density at radius 1 is 1.85 bits per heavy atom. The molecule has 1 aliphatic rings. The highest BCUT2D eigenvalue weighted by Gasteiger charge is 2.28. The first kappa shape index (κ1) is 9.96. The molecular formula is C8H14N4O. The molecule has 1 amide bonds. The Kier molecular flexibility index (Phi) is 3.23. The summed E-state index contributed by atoms with van der Waals surface area (Å²) in [5.74, 6) is 5.29. The molecule has 0 aromatic rings. The van der Waals surface area contributed by atoms with Crippen LogP contribution in [-0.4, -0.2) is 42.0 Å². The minimum Gasteiger partial charge on any atom is -0.325 e. The van der Waals surface area contributed by atoms with Crippen molar-refractivity contribution in [3.05, 3.63) is 0 Å². The third-order valence-corrected chi connectivity index (χ3v) is 2.11. The highest BCUT2D eigenvalue weighted by molar-refractivity contribution is 5.79. The molecule has 1 aliphatic heterocycles. The molecule has 0 saturated carbocycles. The molecule has 0 aliphatic carbocycles. The van der Waals surface area contributed by atoms with E-state index >= 15 is 0 Å². The van der Waals surface area contributed by atoms with E-state index in [0.29, 0.717) is 6.54 Å². The van der Waals surface area contributed by atoms with Crippen molar-refractivity contribution in [2.75, 3.05) is 20.1 Å². The zero-order chi connectivity index (χ0) is 9.84. The van der Waals surface area contributed by atoms with E-state index in [4.69, 9.17) is 11.1 Å². The maximum atomic E-state index is 11.5. The molecule has 1 saturated heterocycles. The molecule has 1 heterocycles. The van der Waals surface area contributed by atoms with E-state index in [0.717, 1.165) is 12.8 Å². The Morgan fingerprint density at radius 3 is 3.08 bits per heavy atom. The first-order valence-corrected chi connectivity index (χ1v) is 4.30. The second kappa shape index (κ2) is 4.21. The number of carbonyl (C=O) groups excluding carboxylic acids is 1. The molecule has 0 aromatic heterocycles. The molecule has 1 atom stereocenters. The summed E-state index contributed by atoms with van der Waals surface area (Å²) < 4.78 is 0. The summed E-state index contributed by atoms with van der Waals surface area (Å²) in [5, 5.41) is 10.1. The predicted molar refractivity (Wildman–Crippen MR) is 47.2 cm³/mol. The first-order chi connectivity index (χ1) is 6.15. The predicted octanol–water partition coefficient (Wildman–Crippen LogP) is -0.694. The molecule has 0 unspecified atom stereocenters. The zero-order valence-corrected chi connectivity index (χ0v) is 7.73. The highest BCUT2D eigenvalue weighted by Crippen LogP contribution is 2.16. The zero-order valence-electron chi connectivity index (χ0n) is 7.73. The van der Waals surface area contributed by atoms with Crippen LogP contribution in [0.5, 0.6) is 0 Å². The van der Waals surface area contributed by atoms with Crippen LogP contribution in [0.4, 0.5) is 0 Å². The fourth-order valence-corrected chi connectivity index (χ4v) is 1.50. The summed E-state index contributed by atoms with van der Waals surface area (Å²) in [4.78, 5) is 13.1. The number of likely N-dealkylation sites (N-methyl/N-ethyl adjacent to an activating group) is 1. The SMILES string of the molecule is CN(N)CC(=O)N1CCC[C@H]1C#N. The largest absolute Gasteiger partial charge is 0.325 e. The number of nitriles is 1. The smallest absolute Gasteiger partial charge is 0.239 e. The molecule has 1 fully saturated rings. The highest BCUT2D eigenvalue weighted by atomic mass is 16.2. The van der Waals surface area contributed by atoms with Crippen molar-refractivity contribution in [2.45, 2.75) is 18.9 Å². The molecular weight excluding hydrogens is 168 g/mol. The molecule has 2 N–H and O–H groups in total. The molecule has 0 bridgehead atoms. The van der Waals surface area contributed by atoms with Crippen LogP contribution >= 0.6 is 0 Å². The minimum atomic E-state index is -0.243. The number of hydrazine groups is 1. The minimum absolute atomic E-state index is 0.0611. The lowest BCUT2D eigenvalue weighted by molar-refractivity contribution is -0.132. The van der Waals surface area contributed by atoms with E-state index in [-0.39, 0.29) is 18.5 Å². The van der Waals surface area contributed by atoms with Gasteiger partial charge in [0.15, 0.2) is 0 Å². The van der Waals surface area contributed by atoms with Gasteiger partial charge >= 0.3 is 0 Å². The molecule has 0 radical (unpaired) electrons. The van der Waals surface area contributed by atoms with Crippen LogP contribution in [0, 0.1) is 11.3 Å². The summed E-state index contributed by atoms with van der Waals surface area (Å²) in [6, 6.07) is 1.87. The molecule has 5 heteroatoms. The Labute approximate surface area is 77.7 Å². The number of likely N-dealkylation sites (tertiary alicyclic amines) is 1. The van der Waals surface area contributed by atoms with Gasteiger partial charge in [-0.25, -0.2) is 5.01 Å². The lowest BCUT2D eigenvalue weighted by Gasteiger charge is -2.21. The topological polar surface area (TPSA) is 73.4 Å². The van der Waals surface area contributed by atoms with Gasteiger partial charge in [-0.1, -0.05) is 0 Å². The normalized spacial score (nSPS) is 22.0. The van der Waals surface area contributed by atoms with E-state index in [1.54, 1.807) is 11.9 Å². The Bertz CT molecular complexity index is 233. The monoisotopic (exact) mass is 182 g/mol. The van der Waals surface area contributed by atoms with Crippen LogP contribution in [-0.2, 0) is 4.79 Å². The van der Waals surface area contributed by atoms with Gasteiger partial charge in [-0.05, 0) is 12.8 Å². The average molecular weight is 182 g/mol. The van der Waals surface area contributed by atoms with Gasteiger partial charge in [0.2, 0.25) is 5.91 Å². The molecule has 1 rings (SSSR count). The summed E-state index contributed by atoms with van der Waals surface area (Å²) in [5.41, 5.74) is 0. The Hall–Kier alpha value is -1.12. The third kappa shape index (κ3) is 2.41. The van der Waals surface area contributed by atoms with Crippen molar-refractivity contribution in [3.8, 4) is 6.07 Å². The van der Waals surface area contributed by atoms with Crippen LogP contribution in [0.15, 0.2) is 0 Å². The molecule has 72 valence electrons. The lowest BCUT2D eigenvalue weighted by Crippen LogP contribution is -2.43. The van der Waals surface area contributed by atoms with Crippen molar-refractivity contribution in [1.29, 1.82) is 5.26 Å². The number of rotatable bonds is 2. The van der Waals surface area contributed by atoms with Crippen molar-refractivity contribution in [2.24, 2.45) is 5.84 Å². The summed E-state index contributed by atoms with van der Waals surface area (Å²) >= 11 is 0. The maximum Gasteiger partial charge on any atom is 0.239 e. The summed E-state index contributed by atoms with van der Waals surface area (Å²) in [6.07, 6.45) is 1.70. The quantitative estimate of drug-likeness (QED) is 0.453. The van der Waals surface area contributed by atoms with Gasteiger partial charge in [-0.2, -0.15) is 5.26 Å². The van der Waals surface area contributed by atoms with Gasteiger partial charge in [0.05, 0.1) is 12.6 Å². The van der Waals surface area contributed by atoms with Crippen LogP contribution in [0.2, 0.25) is 0 Å². The number of hydrogen-bond donors (Lipinski definition) is 1. The van der Waals surface area contributed by atoms with Gasteiger partial charge in [0.25, 0.3) is 0 Å². The van der Waals surface area contributed by atoms with Gasteiger partial charge in [-0.3, -0.25) is 10.6 Å². The summed E-state index contributed by atoms with van der Waals surface area (Å²) in [7, 11) is 1.63. The van der Waals surface area contributed by atoms with E-state index in [2.05, 4.69) is 6.07 Å². The van der Waals surface area contributed by atoms with E-state index < -0.39 is 0 Å².